The van der Waals surface area contributed by atoms with Crippen molar-refractivity contribution in [1.29, 1.82) is 0 Å². The second-order valence-electron chi connectivity index (χ2n) is 17.0. The SMILES string of the molecule is CC(C)OC(=O)[C@H](C)NP(=O)(Oc1ccccc1)Oc1cncc(Cl)c1.CC(C)OC(=O)[C@H](C)N[P@@](=O)(Oc1ccccc1)Oc1cncc(Cl)c1.CC(C)OC(=O)[C@H](C)N[P@](=O)(Oc1ccccc1)Oc1cncc(Cl)c1. The van der Waals surface area contributed by atoms with Crippen LogP contribution in [0.4, 0.5) is 0 Å². The minimum absolute atomic E-state index is 0.133. The van der Waals surface area contributed by atoms with Gasteiger partial charge in [0.05, 0.1) is 52.0 Å². The van der Waals surface area contributed by atoms with E-state index in [0.29, 0.717) is 32.3 Å². The summed E-state index contributed by atoms with van der Waals surface area (Å²) in [6, 6.07) is 26.9. The molecule has 3 aromatic carbocycles. The maximum absolute atomic E-state index is 13.2. The Kier molecular flexibility index (Phi) is 25.9. The molecule has 3 N–H and O–H groups in total. The molecule has 1 unspecified atom stereocenters. The van der Waals surface area contributed by atoms with E-state index in [-0.39, 0.29) is 35.6 Å². The van der Waals surface area contributed by atoms with Crippen LogP contribution < -0.4 is 42.4 Å². The first-order valence-electron chi connectivity index (χ1n) is 23.7. The zero-order valence-electron chi connectivity index (χ0n) is 43.8. The van der Waals surface area contributed by atoms with Gasteiger partial charge in [0.1, 0.15) is 35.4 Å². The fourth-order valence-corrected chi connectivity index (χ4v) is 10.7. The van der Waals surface area contributed by atoms with Gasteiger partial charge in [0.15, 0.2) is 17.2 Å². The van der Waals surface area contributed by atoms with Crippen LogP contribution in [0.1, 0.15) is 62.3 Å². The summed E-state index contributed by atoms with van der Waals surface area (Å²) in [6.07, 6.45) is 7.33. The monoisotopic (exact) mass is 1190 g/mol. The summed E-state index contributed by atoms with van der Waals surface area (Å²) in [6.45, 7) is 14.8. The predicted octanol–water partition coefficient (Wildman–Crippen LogP) is 12.7. The smallest absolute Gasteiger partial charge is 0.462 e. The number of esters is 3. The van der Waals surface area contributed by atoms with Crippen molar-refractivity contribution in [2.45, 2.75) is 98.8 Å². The third-order valence-corrected chi connectivity index (χ3v) is 14.2. The molecular weight excluding hydrogens is 1140 g/mol. The number of nitrogens with zero attached hydrogens (tertiary/aromatic N) is 3. The summed E-state index contributed by atoms with van der Waals surface area (Å²) in [5, 5.41) is 8.66. The van der Waals surface area contributed by atoms with E-state index in [2.05, 4.69) is 30.2 Å². The molecule has 0 radical (unpaired) electrons. The van der Waals surface area contributed by atoms with Crippen LogP contribution >= 0.6 is 58.0 Å². The summed E-state index contributed by atoms with van der Waals surface area (Å²) in [5.41, 5.74) is 0. The van der Waals surface area contributed by atoms with Gasteiger partial charge >= 0.3 is 41.1 Å². The zero-order chi connectivity index (χ0) is 57.5. The van der Waals surface area contributed by atoms with Crippen molar-refractivity contribution in [3.8, 4) is 34.5 Å². The lowest BCUT2D eigenvalue weighted by Gasteiger charge is -2.23. The predicted molar refractivity (Wildman–Crippen MR) is 295 cm³/mol. The van der Waals surface area contributed by atoms with Gasteiger partial charge in [-0.3, -0.25) is 29.3 Å². The highest BCUT2D eigenvalue weighted by atomic mass is 35.5. The molecule has 0 amide bonds. The van der Waals surface area contributed by atoms with Gasteiger partial charge in [0, 0.05) is 36.8 Å². The van der Waals surface area contributed by atoms with Crippen LogP contribution in [0, 0.1) is 0 Å². The van der Waals surface area contributed by atoms with E-state index in [0.717, 1.165) is 0 Å². The van der Waals surface area contributed by atoms with E-state index in [9.17, 15) is 28.1 Å². The Morgan fingerprint density at radius 3 is 0.795 bits per heavy atom. The second kappa shape index (κ2) is 31.4. The highest BCUT2D eigenvalue weighted by Gasteiger charge is 2.37. The molecule has 21 nitrogen and oxygen atoms in total. The van der Waals surface area contributed by atoms with Gasteiger partial charge < -0.3 is 41.4 Å². The Hall–Kier alpha value is -6.24. The number of rotatable bonds is 24. The molecule has 3 aromatic heterocycles. The summed E-state index contributed by atoms with van der Waals surface area (Å²) in [4.78, 5) is 47.7. The van der Waals surface area contributed by atoms with Crippen molar-refractivity contribution < 1.29 is 69.4 Å². The number of halogens is 3. The molecule has 0 saturated carbocycles. The maximum Gasteiger partial charge on any atom is 0.513 e. The molecule has 0 spiro atoms. The van der Waals surface area contributed by atoms with E-state index in [1.807, 2.05) is 0 Å². The van der Waals surface area contributed by atoms with Crippen LogP contribution in [0.2, 0.25) is 15.1 Å². The molecule has 27 heteroatoms. The van der Waals surface area contributed by atoms with Crippen LogP contribution in [0.3, 0.4) is 0 Å². The molecule has 6 aromatic rings. The minimum Gasteiger partial charge on any atom is -0.462 e. The average molecular weight is 1200 g/mol. The summed E-state index contributed by atoms with van der Waals surface area (Å²) in [5.74, 6) is -0.413. The van der Waals surface area contributed by atoms with Gasteiger partial charge in [0.25, 0.3) is 0 Å². The Bertz CT molecular complexity index is 2680. The van der Waals surface area contributed by atoms with Crippen LogP contribution in [0.5, 0.6) is 34.5 Å². The fraction of sp³-hybridized carbons (Fsp3) is 0.294. The number of benzene rings is 3. The molecular formula is C51H60Cl3N6O15P3. The number of nitrogens with one attached hydrogen (secondary N) is 3. The summed E-state index contributed by atoms with van der Waals surface area (Å²) >= 11 is 17.6. The Morgan fingerprint density at radius 1 is 0.372 bits per heavy atom. The van der Waals surface area contributed by atoms with Crippen LogP contribution in [-0.2, 0) is 42.3 Å². The van der Waals surface area contributed by atoms with Crippen molar-refractivity contribution in [2.75, 3.05) is 0 Å². The Morgan fingerprint density at radius 2 is 0.590 bits per heavy atom. The Balaban J connectivity index is 0.000000252. The van der Waals surface area contributed by atoms with Crippen molar-refractivity contribution in [3.63, 3.8) is 0 Å². The molecule has 420 valence electrons. The quantitative estimate of drug-likeness (QED) is 0.0289. The number of pyridine rings is 3. The minimum atomic E-state index is -3.99. The molecule has 0 aliphatic heterocycles. The maximum atomic E-state index is 13.2. The first-order valence-corrected chi connectivity index (χ1v) is 29.5. The number of hydrogen-bond acceptors (Lipinski definition) is 18. The normalized spacial score (nSPS) is 14.3. The first kappa shape index (κ1) is 64.3. The van der Waals surface area contributed by atoms with Gasteiger partial charge in [-0.2, -0.15) is 15.3 Å². The highest BCUT2D eigenvalue weighted by molar-refractivity contribution is 7.53. The molecule has 6 rings (SSSR count). The topological polar surface area (TPSA) is 260 Å². The van der Waals surface area contributed by atoms with Crippen LogP contribution in [-0.4, -0.2) is 69.3 Å². The van der Waals surface area contributed by atoms with Gasteiger partial charge in [-0.25, -0.2) is 13.7 Å². The molecule has 78 heavy (non-hydrogen) atoms. The number of carbonyl (C=O) groups is 3. The van der Waals surface area contributed by atoms with Gasteiger partial charge in [-0.1, -0.05) is 89.4 Å². The standard InChI is InChI=1S/3C17H20ClN2O5P/c3*1-12(2)23-17(21)13(3)20-26(22,24-15-7-5-4-6-8-15)25-16-9-14(18)10-19-11-16/h3*4-13H,1-3H3,(H,20,22)/t13-,26?;13-,26+;13-,26-/m000/s1. The van der Waals surface area contributed by atoms with Crippen molar-refractivity contribution in [3.05, 3.63) is 161 Å². The van der Waals surface area contributed by atoms with E-state index in [1.165, 1.54) is 76.2 Å². The third-order valence-electron chi connectivity index (χ3n) is 8.79. The molecule has 0 bridgehead atoms. The van der Waals surface area contributed by atoms with E-state index < -0.39 is 59.3 Å². The van der Waals surface area contributed by atoms with Crippen LogP contribution in [0.25, 0.3) is 0 Å². The largest absolute Gasteiger partial charge is 0.513 e. The van der Waals surface area contributed by atoms with E-state index >= 15 is 0 Å². The zero-order valence-corrected chi connectivity index (χ0v) is 48.7. The first-order chi connectivity index (χ1) is 36.8. The highest BCUT2D eigenvalue weighted by Crippen LogP contribution is 2.48. The molecule has 6 atom stereocenters. The average Bonchev–Trinajstić information content (AvgIpc) is 3.35. The lowest BCUT2D eigenvalue weighted by atomic mass is 10.3. The van der Waals surface area contributed by atoms with Crippen LogP contribution in [0.15, 0.2) is 146 Å². The van der Waals surface area contributed by atoms with E-state index in [1.54, 1.807) is 133 Å². The molecule has 0 aliphatic rings. The van der Waals surface area contributed by atoms with Gasteiger partial charge in [0.2, 0.25) is 0 Å². The lowest BCUT2D eigenvalue weighted by molar-refractivity contribution is -0.149. The number of aromatic nitrogens is 3. The van der Waals surface area contributed by atoms with Crippen molar-refractivity contribution in [2.24, 2.45) is 0 Å². The van der Waals surface area contributed by atoms with Crippen molar-refractivity contribution in [1.82, 2.24) is 30.2 Å². The van der Waals surface area contributed by atoms with Crippen molar-refractivity contribution >= 4 is 76.0 Å². The number of para-hydroxylation sites is 3. The molecule has 0 saturated heterocycles. The number of carbonyl (C=O) groups excluding carboxylic acids is 3. The van der Waals surface area contributed by atoms with E-state index in [4.69, 9.17) is 76.2 Å². The lowest BCUT2D eigenvalue weighted by Crippen LogP contribution is -2.36. The third kappa shape index (κ3) is 24.2. The summed E-state index contributed by atoms with van der Waals surface area (Å²) < 4.78 is 88.0. The Labute approximate surface area is 468 Å². The fourth-order valence-electron chi connectivity index (χ4n) is 5.69. The number of ether oxygens (including phenoxy) is 3. The molecule has 3 heterocycles. The summed E-state index contributed by atoms with van der Waals surface area (Å²) in [7, 11) is -12.0. The van der Waals surface area contributed by atoms with Gasteiger partial charge in [-0.15, -0.1) is 0 Å². The second-order valence-corrected chi connectivity index (χ2v) is 23.2. The van der Waals surface area contributed by atoms with Gasteiger partial charge in [-0.05, 0) is 98.7 Å². The molecule has 0 fully saturated rings. The molecule has 0 aliphatic carbocycles. The number of hydrogen-bond donors (Lipinski definition) is 3.